The van der Waals surface area contributed by atoms with Crippen LogP contribution in [0.25, 0.3) is 55.7 Å². The summed E-state index contributed by atoms with van der Waals surface area (Å²) in [4.78, 5) is 29.1. The minimum Gasteiger partial charge on any atom is -0.353 e. The molecule has 3 N–H and O–H groups in total. The number of rotatable bonds is 5. The fourth-order valence-electron chi connectivity index (χ4n) is 4.90. The number of carbonyl (C=O) groups is 1. The topological polar surface area (TPSA) is 112 Å². The van der Waals surface area contributed by atoms with Crippen LogP contribution in [-0.2, 0) is 4.79 Å². The number of hydrogen-bond donors (Lipinski definition) is 3. The number of amides is 1. The number of aromatic amines is 2. The van der Waals surface area contributed by atoms with E-state index in [4.69, 9.17) is 0 Å². The average molecular weight is 504 g/mol. The molecule has 1 saturated carbocycles. The molecule has 1 fully saturated rings. The molecular weight excluding hydrogens is 481 g/mol. The lowest BCUT2D eigenvalue weighted by Crippen LogP contribution is -2.28. The van der Waals surface area contributed by atoms with Crippen molar-refractivity contribution in [2.75, 3.05) is 5.32 Å². The number of H-pyrrole nitrogens is 2. The van der Waals surface area contributed by atoms with Gasteiger partial charge in [-0.25, -0.2) is 9.37 Å². The fourth-order valence-corrected chi connectivity index (χ4v) is 4.90. The van der Waals surface area contributed by atoms with E-state index in [1.807, 2.05) is 24.3 Å². The Labute approximate surface area is 216 Å². The smallest absolute Gasteiger partial charge is 0.227 e. The van der Waals surface area contributed by atoms with Crippen molar-refractivity contribution in [3.63, 3.8) is 0 Å². The first-order valence-electron chi connectivity index (χ1n) is 12.5. The third kappa shape index (κ3) is 3.80. The van der Waals surface area contributed by atoms with E-state index >= 15 is 0 Å². The molecule has 186 valence electrons. The van der Waals surface area contributed by atoms with Crippen LogP contribution in [0.15, 0.2) is 73.3 Å². The second-order valence-corrected chi connectivity index (χ2v) is 9.56. The van der Waals surface area contributed by atoms with E-state index in [0.717, 1.165) is 58.1 Å². The summed E-state index contributed by atoms with van der Waals surface area (Å²) in [5.74, 6) is -0.185. The van der Waals surface area contributed by atoms with E-state index in [1.54, 1.807) is 43.0 Å². The van der Waals surface area contributed by atoms with Crippen molar-refractivity contribution in [3.05, 3.63) is 79.1 Å². The van der Waals surface area contributed by atoms with Gasteiger partial charge in [-0.1, -0.05) is 18.6 Å². The molecule has 5 aromatic heterocycles. The van der Waals surface area contributed by atoms with Gasteiger partial charge in [0.2, 0.25) is 5.91 Å². The Morgan fingerprint density at radius 2 is 1.84 bits per heavy atom. The molecule has 0 unspecified atom stereocenters. The molecule has 1 aromatic carbocycles. The van der Waals surface area contributed by atoms with Gasteiger partial charge in [-0.05, 0) is 49.2 Å². The van der Waals surface area contributed by atoms with Gasteiger partial charge < -0.3 is 10.3 Å². The normalized spacial score (nSPS) is 13.6. The minimum atomic E-state index is -0.323. The van der Waals surface area contributed by atoms with Crippen molar-refractivity contribution in [2.45, 2.75) is 19.3 Å². The van der Waals surface area contributed by atoms with Gasteiger partial charge in [0.05, 0.1) is 29.0 Å². The van der Waals surface area contributed by atoms with Gasteiger partial charge in [-0.2, -0.15) is 5.10 Å². The van der Waals surface area contributed by atoms with Crippen molar-refractivity contribution in [2.24, 2.45) is 5.92 Å². The van der Waals surface area contributed by atoms with Crippen molar-refractivity contribution in [1.82, 2.24) is 30.1 Å². The summed E-state index contributed by atoms with van der Waals surface area (Å²) in [6.07, 6.45) is 9.79. The first kappa shape index (κ1) is 22.3. The number of carbonyl (C=O) groups excluding carboxylic acids is 1. The number of halogens is 1. The van der Waals surface area contributed by atoms with E-state index in [2.05, 4.69) is 35.5 Å². The molecule has 0 spiro atoms. The third-order valence-corrected chi connectivity index (χ3v) is 7.17. The maximum absolute atomic E-state index is 14.6. The van der Waals surface area contributed by atoms with E-state index in [1.165, 1.54) is 6.07 Å². The molecule has 7 rings (SSSR count). The van der Waals surface area contributed by atoms with Gasteiger partial charge in [0.15, 0.2) is 5.65 Å². The Kier molecular flexibility index (Phi) is 5.21. The van der Waals surface area contributed by atoms with E-state index in [9.17, 15) is 9.18 Å². The van der Waals surface area contributed by atoms with Crippen LogP contribution in [0.2, 0.25) is 0 Å². The van der Waals surface area contributed by atoms with Crippen LogP contribution in [0, 0.1) is 11.7 Å². The zero-order chi connectivity index (χ0) is 25.6. The van der Waals surface area contributed by atoms with Crippen LogP contribution in [0.1, 0.15) is 19.3 Å². The zero-order valence-corrected chi connectivity index (χ0v) is 20.2. The zero-order valence-electron chi connectivity index (χ0n) is 20.2. The lowest BCUT2D eigenvalue weighted by molar-refractivity contribution is -0.122. The molecule has 1 amide bonds. The first-order chi connectivity index (χ1) is 18.6. The number of aromatic nitrogens is 6. The SMILES string of the molecule is O=C(Nc1cncc(-c2cnc3n[nH]c(-c4cc5c(-c6ccccc6F)nccc5[nH]4)c3c2)c1)C1CCC1. The summed E-state index contributed by atoms with van der Waals surface area (Å²) in [5.41, 5.74) is 6.29. The number of pyridine rings is 3. The largest absolute Gasteiger partial charge is 0.353 e. The van der Waals surface area contributed by atoms with Crippen LogP contribution >= 0.6 is 0 Å². The standard InChI is InChI=1S/C29H22FN7O/c30-23-7-2-1-6-20(23)26-21-12-25(35-24(21)8-9-32-26)27-22-11-18(14-33-28(22)37-36-27)17-10-19(15-31-13-17)34-29(38)16-4-3-5-16/h1-2,6-16,35H,3-5H2,(H,34,38)(H,33,36,37). The number of nitrogens with one attached hydrogen (secondary N) is 3. The van der Waals surface area contributed by atoms with Crippen LogP contribution < -0.4 is 5.32 Å². The number of fused-ring (bicyclic) bond motifs is 2. The van der Waals surface area contributed by atoms with Gasteiger partial charge in [0.1, 0.15) is 5.82 Å². The predicted octanol–water partition coefficient (Wildman–Crippen LogP) is 6.11. The summed E-state index contributed by atoms with van der Waals surface area (Å²) >= 11 is 0. The maximum atomic E-state index is 14.6. The van der Waals surface area contributed by atoms with Gasteiger partial charge in [-0.3, -0.25) is 19.9 Å². The maximum Gasteiger partial charge on any atom is 0.227 e. The van der Waals surface area contributed by atoms with Gasteiger partial charge in [-0.15, -0.1) is 0 Å². The molecule has 9 heteroatoms. The molecule has 0 atom stereocenters. The van der Waals surface area contributed by atoms with Gasteiger partial charge in [0.25, 0.3) is 0 Å². The highest BCUT2D eigenvalue weighted by Gasteiger charge is 2.25. The molecule has 38 heavy (non-hydrogen) atoms. The quantitative estimate of drug-likeness (QED) is 0.263. The fraction of sp³-hybridized carbons (Fsp3) is 0.138. The highest BCUT2D eigenvalue weighted by molar-refractivity contribution is 6.00. The van der Waals surface area contributed by atoms with Crippen LogP contribution in [-0.4, -0.2) is 36.0 Å². The molecule has 5 heterocycles. The van der Waals surface area contributed by atoms with Gasteiger partial charge >= 0.3 is 0 Å². The molecule has 0 bridgehead atoms. The Morgan fingerprint density at radius 3 is 2.68 bits per heavy atom. The van der Waals surface area contributed by atoms with Crippen molar-refractivity contribution in [3.8, 4) is 33.8 Å². The molecule has 0 aliphatic heterocycles. The monoisotopic (exact) mass is 503 g/mol. The summed E-state index contributed by atoms with van der Waals surface area (Å²) in [6, 6.07) is 14.3. The molecular formula is C29H22FN7O. The van der Waals surface area contributed by atoms with E-state index < -0.39 is 0 Å². The second kappa shape index (κ2) is 8.88. The van der Waals surface area contributed by atoms with Crippen molar-refractivity contribution >= 4 is 33.5 Å². The van der Waals surface area contributed by atoms with Crippen molar-refractivity contribution < 1.29 is 9.18 Å². The molecule has 8 nitrogen and oxygen atoms in total. The lowest BCUT2D eigenvalue weighted by atomic mass is 9.85. The number of nitrogens with zero attached hydrogens (tertiary/aromatic N) is 4. The second-order valence-electron chi connectivity index (χ2n) is 9.56. The molecule has 0 saturated heterocycles. The Morgan fingerprint density at radius 1 is 0.974 bits per heavy atom. The number of benzene rings is 1. The lowest BCUT2D eigenvalue weighted by Gasteiger charge is -2.24. The van der Waals surface area contributed by atoms with Crippen LogP contribution in [0.4, 0.5) is 10.1 Å². The van der Waals surface area contributed by atoms with E-state index in [-0.39, 0.29) is 17.6 Å². The average Bonchev–Trinajstić information content (AvgIpc) is 3.52. The summed E-state index contributed by atoms with van der Waals surface area (Å²) < 4.78 is 14.6. The third-order valence-electron chi connectivity index (χ3n) is 7.17. The highest BCUT2D eigenvalue weighted by atomic mass is 19.1. The molecule has 0 radical (unpaired) electrons. The molecule has 1 aliphatic rings. The van der Waals surface area contributed by atoms with Gasteiger partial charge in [0, 0.05) is 57.5 Å². The van der Waals surface area contributed by atoms with E-state index in [0.29, 0.717) is 22.6 Å². The first-order valence-corrected chi connectivity index (χ1v) is 12.5. The summed E-state index contributed by atoms with van der Waals surface area (Å²) in [6.45, 7) is 0. The highest BCUT2D eigenvalue weighted by Crippen LogP contribution is 2.35. The minimum absolute atomic E-state index is 0.0453. The van der Waals surface area contributed by atoms with Crippen LogP contribution in [0.3, 0.4) is 0 Å². The predicted molar refractivity (Wildman–Crippen MR) is 144 cm³/mol. The molecule has 1 aliphatic carbocycles. The van der Waals surface area contributed by atoms with Crippen LogP contribution in [0.5, 0.6) is 0 Å². The van der Waals surface area contributed by atoms with Crippen molar-refractivity contribution in [1.29, 1.82) is 0 Å². The Bertz CT molecular complexity index is 1840. The Hall–Kier alpha value is -4.92. The number of hydrogen-bond acceptors (Lipinski definition) is 5. The molecule has 6 aromatic rings. The Balaban J connectivity index is 1.27. The number of anilines is 1. The summed E-state index contributed by atoms with van der Waals surface area (Å²) in [7, 11) is 0. The summed E-state index contributed by atoms with van der Waals surface area (Å²) in [5, 5.41) is 12.1.